The first-order valence-corrected chi connectivity index (χ1v) is 10.0. The van der Waals surface area contributed by atoms with Crippen LogP contribution in [0, 0.1) is 0 Å². The third kappa shape index (κ3) is 21.0. The molecule has 0 aliphatic heterocycles. The van der Waals surface area contributed by atoms with E-state index in [0.717, 1.165) is 19.3 Å². The van der Waals surface area contributed by atoms with Crippen molar-refractivity contribution < 1.29 is 0 Å². The maximum Gasteiger partial charge on any atom is -0.0166 e. The molecule has 0 aromatic carbocycles. The Balaban J connectivity index is 3.27. The summed E-state index contributed by atoms with van der Waals surface area (Å²) >= 11 is 0. The van der Waals surface area contributed by atoms with Gasteiger partial charge in [0.1, 0.15) is 0 Å². The molecule has 0 aliphatic carbocycles. The molecular weight excluding hydrogens is 276 g/mol. The van der Waals surface area contributed by atoms with Crippen LogP contribution in [0.4, 0.5) is 0 Å². The fourth-order valence-electron chi connectivity index (χ4n) is 2.52. The smallest absolute Gasteiger partial charge is 0.0166 e. The van der Waals surface area contributed by atoms with Crippen molar-refractivity contribution in [1.82, 2.24) is 0 Å². The average Bonchev–Trinajstić information content (AvgIpc) is 2.57. The van der Waals surface area contributed by atoms with Crippen LogP contribution >= 0.6 is 0 Å². The molecule has 0 unspecified atom stereocenters. The second kappa shape index (κ2) is 21.0. The number of allylic oxidation sites excluding steroid dienone is 8. The highest BCUT2D eigenvalue weighted by Crippen LogP contribution is 2.10. The molecule has 0 spiro atoms. The molecule has 0 heteroatoms. The minimum atomic E-state index is 1.04. The number of unbranched alkanes of at least 4 members (excludes halogenated alkanes) is 9. The van der Waals surface area contributed by atoms with Crippen molar-refractivity contribution in [3.63, 3.8) is 0 Å². The first-order chi connectivity index (χ1) is 11.4. The van der Waals surface area contributed by atoms with E-state index in [1.807, 2.05) is 0 Å². The maximum absolute atomic E-state index is 2.31. The van der Waals surface area contributed by atoms with Crippen molar-refractivity contribution in [2.75, 3.05) is 0 Å². The van der Waals surface area contributed by atoms with Crippen LogP contribution in [0.5, 0.6) is 0 Å². The van der Waals surface area contributed by atoms with Crippen LogP contribution in [0.1, 0.15) is 97.3 Å². The normalized spacial score (nSPS) is 12.6. The molecule has 0 amide bonds. The summed E-state index contributed by atoms with van der Waals surface area (Å²) in [6.07, 6.45) is 35.0. The van der Waals surface area contributed by atoms with Gasteiger partial charge in [0.15, 0.2) is 0 Å². The Kier molecular flexibility index (Phi) is 20.0. The van der Waals surface area contributed by atoms with Crippen LogP contribution < -0.4 is 0 Å². The molecule has 0 aromatic heterocycles. The van der Waals surface area contributed by atoms with E-state index >= 15 is 0 Å². The molecule has 0 saturated carbocycles. The van der Waals surface area contributed by atoms with E-state index < -0.39 is 0 Å². The summed E-state index contributed by atoms with van der Waals surface area (Å²) in [7, 11) is 0. The third-order valence-corrected chi connectivity index (χ3v) is 3.97. The van der Waals surface area contributed by atoms with E-state index in [0.29, 0.717) is 0 Å². The van der Waals surface area contributed by atoms with Crippen LogP contribution in [0.15, 0.2) is 48.6 Å². The van der Waals surface area contributed by atoms with Gasteiger partial charge in [-0.3, -0.25) is 0 Å². The summed E-state index contributed by atoms with van der Waals surface area (Å²) in [6, 6.07) is 0. The summed E-state index contributed by atoms with van der Waals surface area (Å²) in [5.74, 6) is 0. The molecule has 0 atom stereocenters. The molecule has 0 radical (unpaired) electrons. The highest BCUT2D eigenvalue weighted by molar-refractivity contribution is 5.05. The number of rotatable bonds is 16. The van der Waals surface area contributed by atoms with Gasteiger partial charge in [0, 0.05) is 0 Å². The monoisotopic (exact) mass is 316 g/mol. The fraction of sp³-hybridized carbons (Fsp3) is 0.652. The van der Waals surface area contributed by atoms with Gasteiger partial charge >= 0.3 is 0 Å². The molecule has 0 fully saturated rings. The molecule has 0 saturated heterocycles. The number of hydrogen-bond acceptors (Lipinski definition) is 0. The van der Waals surface area contributed by atoms with Gasteiger partial charge in [-0.05, 0) is 32.1 Å². The summed E-state index contributed by atoms with van der Waals surface area (Å²) in [5.41, 5.74) is 0. The van der Waals surface area contributed by atoms with Gasteiger partial charge in [0.05, 0.1) is 0 Å². The zero-order chi connectivity index (χ0) is 16.8. The fourth-order valence-corrected chi connectivity index (χ4v) is 2.52. The Morgan fingerprint density at radius 3 is 1.65 bits per heavy atom. The van der Waals surface area contributed by atoms with Gasteiger partial charge in [-0.15, -0.1) is 0 Å². The minimum absolute atomic E-state index is 1.04. The molecule has 0 aliphatic rings. The van der Waals surface area contributed by atoms with Crippen LogP contribution in [0.25, 0.3) is 0 Å². The molecule has 0 heterocycles. The zero-order valence-electron chi connectivity index (χ0n) is 15.8. The Hall–Kier alpha value is -1.04. The van der Waals surface area contributed by atoms with Crippen molar-refractivity contribution >= 4 is 0 Å². The van der Waals surface area contributed by atoms with Crippen molar-refractivity contribution in [1.29, 1.82) is 0 Å². The first-order valence-electron chi connectivity index (χ1n) is 10.0. The van der Waals surface area contributed by atoms with Crippen LogP contribution in [-0.2, 0) is 0 Å². The molecule has 0 N–H and O–H groups in total. The van der Waals surface area contributed by atoms with E-state index in [4.69, 9.17) is 0 Å². The minimum Gasteiger partial charge on any atom is -0.0885 e. The van der Waals surface area contributed by atoms with E-state index in [2.05, 4.69) is 62.5 Å². The van der Waals surface area contributed by atoms with Crippen molar-refractivity contribution in [3.05, 3.63) is 48.6 Å². The van der Waals surface area contributed by atoms with Crippen molar-refractivity contribution in [3.8, 4) is 0 Å². The van der Waals surface area contributed by atoms with E-state index in [1.165, 1.54) is 64.2 Å². The van der Waals surface area contributed by atoms with E-state index in [9.17, 15) is 0 Å². The standard InChI is InChI=1S/C23H40/c1-3-5-7-9-11-13-15-17-19-21-23-22-20-18-16-14-12-10-8-6-4-2/h5,7,11,13,17,19,21,23H,3-4,6,8-10,12,14-16,18,20,22H2,1-2H3/b7-5-,13-11?,19-17?,23-21?. The van der Waals surface area contributed by atoms with E-state index in [-0.39, 0.29) is 0 Å². The van der Waals surface area contributed by atoms with Gasteiger partial charge < -0.3 is 0 Å². The van der Waals surface area contributed by atoms with Gasteiger partial charge in [-0.2, -0.15) is 0 Å². The summed E-state index contributed by atoms with van der Waals surface area (Å²) in [5, 5.41) is 0. The predicted molar refractivity (Wildman–Crippen MR) is 108 cm³/mol. The molecule has 0 rings (SSSR count). The van der Waals surface area contributed by atoms with Crippen molar-refractivity contribution in [2.24, 2.45) is 0 Å². The Labute approximate surface area is 146 Å². The van der Waals surface area contributed by atoms with Gasteiger partial charge in [-0.1, -0.05) is 114 Å². The first kappa shape index (κ1) is 22.0. The number of hydrogen-bond donors (Lipinski definition) is 0. The Morgan fingerprint density at radius 2 is 1.00 bits per heavy atom. The summed E-state index contributed by atoms with van der Waals surface area (Å²) in [6.45, 7) is 4.45. The maximum atomic E-state index is 2.31. The van der Waals surface area contributed by atoms with Gasteiger partial charge in [-0.25, -0.2) is 0 Å². The molecular formula is C23H40. The molecule has 0 nitrogen and oxygen atoms in total. The lowest BCUT2D eigenvalue weighted by molar-refractivity contribution is 0.566. The predicted octanol–water partition coefficient (Wildman–Crippen LogP) is 8.32. The van der Waals surface area contributed by atoms with Crippen LogP contribution in [-0.4, -0.2) is 0 Å². The zero-order valence-corrected chi connectivity index (χ0v) is 15.8. The average molecular weight is 317 g/mol. The van der Waals surface area contributed by atoms with Crippen molar-refractivity contribution in [2.45, 2.75) is 97.3 Å². The lowest BCUT2D eigenvalue weighted by Gasteiger charge is -2.00. The summed E-state index contributed by atoms with van der Waals surface area (Å²) < 4.78 is 0. The SMILES string of the molecule is CC/C=C\CC=CCC=CC=CCCCCCCCCCCC. The Morgan fingerprint density at radius 1 is 0.478 bits per heavy atom. The van der Waals surface area contributed by atoms with Gasteiger partial charge in [0.2, 0.25) is 0 Å². The summed E-state index contributed by atoms with van der Waals surface area (Å²) in [4.78, 5) is 0. The molecule has 0 bridgehead atoms. The topological polar surface area (TPSA) is 0 Å². The quantitative estimate of drug-likeness (QED) is 0.152. The molecule has 0 aromatic rings. The van der Waals surface area contributed by atoms with Crippen LogP contribution in [0.2, 0.25) is 0 Å². The molecule has 132 valence electrons. The third-order valence-electron chi connectivity index (χ3n) is 3.97. The molecule has 23 heavy (non-hydrogen) atoms. The van der Waals surface area contributed by atoms with E-state index in [1.54, 1.807) is 0 Å². The van der Waals surface area contributed by atoms with Gasteiger partial charge in [0.25, 0.3) is 0 Å². The Bertz CT molecular complexity index is 317. The second-order valence-electron chi connectivity index (χ2n) is 6.30. The highest BCUT2D eigenvalue weighted by Gasteiger charge is 1.90. The largest absolute Gasteiger partial charge is 0.0885 e. The lowest BCUT2D eigenvalue weighted by Crippen LogP contribution is -1.80. The lowest BCUT2D eigenvalue weighted by atomic mass is 10.1. The second-order valence-corrected chi connectivity index (χ2v) is 6.30. The highest BCUT2D eigenvalue weighted by atomic mass is 14.0. The van der Waals surface area contributed by atoms with Crippen LogP contribution in [0.3, 0.4) is 0 Å².